The summed E-state index contributed by atoms with van der Waals surface area (Å²) in [7, 11) is 3.88. The minimum atomic E-state index is 0.101. The Labute approximate surface area is 118 Å². The van der Waals surface area contributed by atoms with Gasteiger partial charge in [0.05, 0.1) is 11.3 Å². The Morgan fingerprint density at radius 3 is 2.79 bits per heavy atom. The summed E-state index contributed by atoms with van der Waals surface area (Å²) in [6.45, 7) is 4.02. The van der Waals surface area contributed by atoms with E-state index in [0.717, 1.165) is 23.7 Å². The molecule has 0 saturated heterocycles. The minimum Gasteiger partial charge on any atom is -0.409 e. The lowest BCUT2D eigenvalue weighted by Gasteiger charge is -2.27. The first kappa shape index (κ1) is 15.7. The van der Waals surface area contributed by atoms with Gasteiger partial charge in [0.15, 0.2) is 5.84 Å². The van der Waals surface area contributed by atoms with Gasteiger partial charge in [-0.25, -0.2) is 0 Å². The standard InChI is InChI=1S/C12H23N5OS/c1-8(6-7-19-5)16(3)12-10(11(13)15-18)9(2)14-17(12)4/h8,18H,6-7H2,1-5H3,(H2,13,15). The van der Waals surface area contributed by atoms with Gasteiger partial charge in [-0.05, 0) is 32.3 Å². The molecule has 1 heterocycles. The Bertz CT molecular complexity index is 457. The van der Waals surface area contributed by atoms with Crippen LogP contribution in [0.2, 0.25) is 0 Å². The van der Waals surface area contributed by atoms with Crippen LogP contribution in [0.4, 0.5) is 5.82 Å². The molecule has 0 bridgehead atoms. The molecule has 0 fully saturated rings. The van der Waals surface area contributed by atoms with Crippen LogP contribution >= 0.6 is 11.8 Å². The number of rotatable bonds is 6. The quantitative estimate of drug-likeness (QED) is 0.357. The van der Waals surface area contributed by atoms with Crippen molar-refractivity contribution in [1.29, 1.82) is 0 Å². The molecule has 7 heteroatoms. The van der Waals surface area contributed by atoms with Crippen molar-refractivity contribution in [3.8, 4) is 0 Å². The van der Waals surface area contributed by atoms with Crippen molar-refractivity contribution in [1.82, 2.24) is 9.78 Å². The van der Waals surface area contributed by atoms with Crippen LogP contribution in [0, 0.1) is 6.92 Å². The van der Waals surface area contributed by atoms with E-state index in [1.165, 1.54) is 0 Å². The van der Waals surface area contributed by atoms with Crippen LogP contribution in [0.5, 0.6) is 0 Å². The van der Waals surface area contributed by atoms with Crippen LogP contribution in [0.1, 0.15) is 24.6 Å². The summed E-state index contributed by atoms with van der Waals surface area (Å²) in [5.41, 5.74) is 7.22. The third-order valence-corrected chi connectivity index (χ3v) is 3.93. The number of nitrogens with two attached hydrogens (primary N) is 1. The molecule has 1 unspecified atom stereocenters. The van der Waals surface area contributed by atoms with Gasteiger partial charge in [-0.1, -0.05) is 5.16 Å². The average Bonchev–Trinajstić information content (AvgIpc) is 2.68. The molecule has 6 nitrogen and oxygen atoms in total. The minimum absolute atomic E-state index is 0.101. The van der Waals surface area contributed by atoms with Crippen LogP contribution in [-0.4, -0.2) is 45.9 Å². The molecule has 1 atom stereocenters. The fourth-order valence-corrected chi connectivity index (χ4v) is 2.67. The van der Waals surface area contributed by atoms with Crippen LogP contribution in [-0.2, 0) is 7.05 Å². The molecule has 3 N–H and O–H groups in total. The number of oxime groups is 1. The van der Waals surface area contributed by atoms with Crippen molar-refractivity contribution in [3.63, 3.8) is 0 Å². The van der Waals surface area contributed by atoms with E-state index in [2.05, 4.69) is 28.3 Å². The molecule has 1 aromatic rings. The van der Waals surface area contributed by atoms with Gasteiger partial charge in [-0.2, -0.15) is 16.9 Å². The highest BCUT2D eigenvalue weighted by atomic mass is 32.2. The van der Waals surface area contributed by atoms with E-state index < -0.39 is 0 Å². The summed E-state index contributed by atoms with van der Waals surface area (Å²) >= 11 is 1.83. The topological polar surface area (TPSA) is 79.7 Å². The molecule has 0 aromatic carbocycles. The molecule has 0 spiro atoms. The summed E-state index contributed by atoms with van der Waals surface area (Å²) in [5.74, 6) is 2.08. The Kier molecular flexibility index (Phi) is 5.53. The molecule has 0 radical (unpaired) electrons. The van der Waals surface area contributed by atoms with Gasteiger partial charge in [0.25, 0.3) is 0 Å². The number of hydrogen-bond donors (Lipinski definition) is 2. The maximum absolute atomic E-state index is 8.91. The van der Waals surface area contributed by atoms with E-state index in [1.807, 2.05) is 32.8 Å². The van der Waals surface area contributed by atoms with Crippen LogP contribution in [0.25, 0.3) is 0 Å². The van der Waals surface area contributed by atoms with Crippen molar-refractivity contribution in [2.24, 2.45) is 17.9 Å². The Morgan fingerprint density at radius 1 is 1.63 bits per heavy atom. The van der Waals surface area contributed by atoms with E-state index in [-0.39, 0.29) is 5.84 Å². The second kappa shape index (κ2) is 6.70. The van der Waals surface area contributed by atoms with Gasteiger partial charge in [-0.15, -0.1) is 0 Å². The van der Waals surface area contributed by atoms with Crippen LogP contribution in [0.15, 0.2) is 5.16 Å². The van der Waals surface area contributed by atoms with Crippen molar-refractivity contribution in [2.45, 2.75) is 26.3 Å². The second-order valence-corrected chi connectivity index (χ2v) is 5.62. The van der Waals surface area contributed by atoms with E-state index >= 15 is 0 Å². The predicted molar refractivity (Wildman–Crippen MR) is 81.3 cm³/mol. The Hall–Kier alpha value is -1.37. The van der Waals surface area contributed by atoms with Crippen LogP contribution in [0.3, 0.4) is 0 Å². The lowest BCUT2D eigenvalue weighted by molar-refractivity contribution is 0.318. The zero-order valence-electron chi connectivity index (χ0n) is 12.2. The normalized spacial score (nSPS) is 13.6. The number of nitrogens with zero attached hydrogens (tertiary/aromatic N) is 4. The second-order valence-electron chi connectivity index (χ2n) is 4.63. The summed E-state index contributed by atoms with van der Waals surface area (Å²) in [6.07, 6.45) is 3.17. The lowest BCUT2D eigenvalue weighted by atomic mass is 10.1. The largest absolute Gasteiger partial charge is 0.409 e. The molecule has 1 rings (SSSR count). The number of hydrogen-bond acceptors (Lipinski definition) is 5. The Balaban J connectivity index is 3.12. The average molecular weight is 285 g/mol. The van der Waals surface area contributed by atoms with E-state index in [1.54, 1.807) is 4.68 Å². The maximum Gasteiger partial charge on any atom is 0.175 e. The molecular formula is C12H23N5OS. The maximum atomic E-state index is 8.91. The lowest BCUT2D eigenvalue weighted by Crippen LogP contribution is -2.33. The number of aromatic nitrogens is 2. The van der Waals surface area contributed by atoms with Gasteiger partial charge in [-0.3, -0.25) is 4.68 Å². The third-order valence-electron chi connectivity index (χ3n) is 3.29. The molecule has 1 aromatic heterocycles. The molecule has 0 aliphatic heterocycles. The Morgan fingerprint density at radius 2 is 2.26 bits per heavy atom. The first-order chi connectivity index (χ1) is 8.93. The summed E-state index contributed by atoms with van der Waals surface area (Å²) in [4.78, 5) is 2.13. The monoisotopic (exact) mass is 285 g/mol. The summed E-state index contributed by atoms with van der Waals surface area (Å²) in [6, 6.07) is 0.354. The van der Waals surface area contributed by atoms with Gasteiger partial charge < -0.3 is 15.8 Å². The SMILES string of the molecule is CSCCC(C)N(C)c1c(C(N)=NO)c(C)nn1C. The van der Waals surface area contributed by atoms with Crippen molar-refractivity contribution in [3.05, 3.63) is 11.3 Å². The van der Waals surface area contributed by atoms with Crippen molar-refractivity contribution >= 4 is 23.4 Å². The molecule has 0 amide bonds. The van der Waals surface area contributed by atoms with E-state index in [4.69, 9.17) is 10.9 Å². The third kappa shape index (κ3) is 3.34. The molecule has 0 aliphatic carbocycles. The number of amidine groups is 1. The van der Waals surface area contributed by atoms with Crippen molar-refractivity contribution < 1.29 is 5.21 Å². The molecule has 0 aliphatic rings. The number of aryl methyl sites for hydroxylation is 2. The molecule has 0 saturated carbocycles. The van der Waals surface area contributed by atoms with E-state index in [9.17, 15) is 0 Å². The van der Waals surface area contributed by atoms with Gasteiger partial charge in [0.1, 0.15) is 5.82 Å². The van der Waals surface area contributed by atoms with Gasteiger partial charge >= 0.3 is 0 Å². The highest BCUT2D eigenvalue weighted by Crippen LogP contribution is 2.24. The molecular weight excluding hydrogens is 262 g/mol. The van der Waals surface area contributed by atoms with Crippen molar-refractivity contribution in [2.75, 3.05) is 24.0 Å². The first-order valence-electron chi connectivity index (χ1n) is 6.17. The van der Waals surface area contributed by atoms with Gasteiger partial charge in [0.2, 0.25) is 0 Å². The number of anilines is 1. The van der Waals surface area contributed by atoms with E-state index in [0.29, 0.717) is 11.6 Å². The molecule has 108 valence electrons. The summed E-state index contributed by atoms with van der Waals surface area (Å²) in [5, 5.41) is 16.4. The van der Waals surface area contributed by atoms with Gasteiger partial charge in [0, 0.05) is 20.1 Å². The summed E-state index contributed by atoms with van der Waals surface area (Å²) < 4.78 is 1.78. The zero-order chi connectivity index (χ0) is 14.6. The fourth-order valence-electron chi connectivity index (χ4n) is 2.09. The highest BCUT2D eigenvalue weighted by molar-refractivity contribution is 7.98. The fraction of sp³-hybridized carbons (Fsp3) is 0.667. The number of thioether (sulfide) groups is 1. The molecule has 19 heavy (non-hydrogen) atoms. The van der Waals surface area contributed by atoms with Crippen LogP contribution < -0.4 is 10.6 Å². The zero-order valence-corrected chi connectivity index (χ0v) is 13.0. The predicted octanol–water partition coefficient (Wildman–Crippen LogP) is 1.40. The smallest absolute Gasteiger partial charge is 0.175 e. The highest BCUT2D eigenvalue weighted by Gasteiger charge is 2.22. The first-order valence-corrected chi connectivity index (χ1v) is 7.56.